The number of para-hydroxylation sites is 1. The fourth-order valence-electron chi connectivity index (χ4n) is 3.19. The van der Waals surface area contributed by atoms with E-state index in [2.05, 4.69) is 28.9 Å². The summed E-state index contributed by atoms with van der Waals surface area (Å²) in [4.78, 5) is 13.9. The Kier molecular flexibility index (Phi) is 4.16. The second-order valence-electron chi connectivity index (χ2n) is 6.24. The molecule has 2 unspecified atom stereocenters. The maximum Gasteiger partial charge on any atom is 0.227 e. The molecule has 0 N–H and O–H groups in total. The molecule has 1 aromatic heterocycles. The van der Waals surface area contributed by atoms with Crippen molar-refractivity contribution in [3.63, 3.8) is 0 Å². The van der Waals surface area contributed by atoms with Crippen molar-refractivity contribution in [3.05, 3.63) is 24.3 Å². The Bertz CT molecular complexity index is 658. The molecule has 2 aromatic rings. The first kappa shape index (κ1) is 15.0. The van der Waals surface area contributed by atoms with E-state index in [0.29, 0.717) is 12.0 Å². The van der Waals surface area contributed by atoms with Crippen molar-refractivity contribution >= 4 is 22.7 Å². The van der Waals surface area contributed by atoms with Crippen molar-refractivity contribution in [3.8, 4) is 0 Å². The number of benzene rings is 1. The number of ether oxygens (including phenoxy) is 1. The van der Waals surface area contributed by atoms with Crippen LogP contribution >= 0.6 is 0 Å². The Hall–Kier alpha value is -1.88. The van der Waals surface area contributed by atoms with Gasteiger partial charge in [-0.3, -0.25) is 0 Å². The summed E-state index contributed by atoms with van der Waals surface area (Å²) in [7, 11) is 5.85. The predicted molar refractivity (Wildman–Crippen MR) is 90.7 cm³/mol. The van der Waals surface area contributed by atoms with Gasteiger partial charge < -0.3 is 14.5 Å². The van der Waals surface area contributed by atoms with Crippen molar-refractivity contribution in [1.82, 2.24) is 9.97 Å². The fraction of sp³-hybridized carbons (Fsp3) is 0.529. The average molecular weight is 300 g/mol. The molecule has 1 aliphatic heterocycles. The molecular formula is C17H24N4O. The number of aromatic nitrogens is 2. The molecule has 1 saturated heterocycles. The number of nitrogens with zero attached hydrogens (tertiary/aromatic N) is 4. The smallest absolute Gasteiger partial charge is 0.227 e. The molecule has 0 amide bonds. The average Bonchev–Trinajstić information content (AvgIpc) is 2.53. The van der Waals surface area contributed by atoms with Crippen LogP contribution in [0.15, 0.2) is 24.3 Å². The molecule has 118 valence electrons. The van der Waals surface area contributed by atoms with Gasteiger partial charge in [0, 0.05) is 39.7 Å². The van der Waals surface area contributed by atoms with E-state index < -0.39 is 0 Å². The van der Waals surface area contributed by atoms with Gasteiger partial charge in [-0.1, -0.05) is 19.1 Å². The third kappa shape index (κ3) is 2.73. The van der Waals surface area contributed by atoms with Crippen molar-refractivity contribution in [2.75, 3.05) is 44.1 Å². The van der Waals surface area contributed by atoms with Crippen LogP contribution in [0.4, 0.5) is 11.8 Å². The van der Waals surface area contributed by atoms with Gasteiger partial charge >= 0.3 is 0 Å². The van der Waals surface area contributed by atoms with Crippen molar-refractivity contribution in [2.45, 2.75) is 19.4 Å². The quantitative estimate of drug-likeness (QED) is 0.871. The van der Waals surface area contributed by atoms with Gasteiger partial charge in [0.1, 0.15) is 5.82 Å². The summed E-state index contributed by atoms with van der Waals surface area (Å²) in [6.07, 6.45) is 1.36. The Morgan fingerprint density at radius 2 is 2.00 bits per heavy atom. The van der Waals surface area contributed by atoms with Crippen LogP contribution in [0.1, 0.15) is 13.3 Å². The fourth-order valence-corrected chi connectivity index (χ4v) is 3.19. The lowest BCUT2D eigenvalue weighted by molar-refractivity contribution is 0.0442. The predicted octanol–water partition coefficient (Wildman–Crippen LogP) is 2.56. The van der Waals surface area contributed by atoms with E-state index in [1.165, 1.54) is 0 Å². The normalized spacial score (nSPS) is 22.1. The summed E-state index contributed by atoms with van der Waals surface area (Å²) in [5.74, 6) is 2.28. The lowest BCUT2D eigenvalue weighted by Crippen LogP contribution is -2.43. The summed E-state index contributed by atoms with van der Waals surface area (Å²) in [6, 6.07) is 8.19. The highest BCUT2D eigenvalue weighted by molar-refractivity contribution is 5.90. The van der Waals surface area contributed by atoms with Gasteiger partial charge in [0.05, 0.1) is 11.6 Å². The molecule has 3 rings (SSSR count). The highest BCUT2D eigenvalue weighted by atomic mass is 16.5. The van der Waals surface area contributed by atoms with E-state index >= 15 is 0 Å². The summed E-state index contributed by atoms with van der Waals surface area (Å²) < 4.78 is 5.54. The molecule has 1 aromatic carbocycles. The monoisotopic (exact) mass is 300 g/mol. The third-order valence-electron chi connectivity index (χ3n) is 4.41. The van der Waals surface area contributed by atoms with Crippen LogP contribution in [0.25, 0.3) is 10.9 Å². The van der Waals surface area contributed by atoms with Gasteiger partial charge in [-0.25, -0.2) is 4.98 Å². The van der Waals surface area contributed by atoms with E-state index in [4.69, 9.17) is 14.7 Å². The van der Waals surface area contributed by atoms with Gasteiger partial charge in [-0.2, -0.15) is 4.98 Å². The zero-order valence-corrected chi connectivity index (χ0v) is 13.8. The molecule has 0 aliphatic carbocycles. The largest absolute Gasteiger partial charge is 0.381 e. The zero-order valence-electron chi connectivity index (χ0n) is 13.8. The molecule has 0 radical (unpaired) electrons. The summed E-state index contributed by atoms with van der Waals surface area (Å²) >= 11 is 0. The molecule has 22 heavy (non-hydrogen) atoms. The molecule has 5 nitrogen and oxygen atoms in total. The van der Waals surface area contributed by atoms with Crippen molar-refractivity contribution < 1.29 is 4.74 Å². The molecular weight excluding hydrogens is 276 g/mol. The number of methoxy groups -OCH3 is 1. The van der Waals surface area contributed by atoms with Crippen LogP contribution in [0.2, 0.25) is 0 Å². The first-order chi connectivity index (χ1) is 10.6. The number of rotatable bonds is 3. The van der Waals surface area contributed by atoms with Gasteiger partial charge in [0.15, 0.2) is 0 Å². The number of hydrogen-bond acceptors (Lipinski definition) is 5. The summed E-state index contributed by atoms with van der Waals surface area (Å²) in [6.45, 7) is 4.10. The van der Waals surface area contributed by atoms with Crippen LogP contribution < -0.4 is 9.80 Å². The highest BCUT2D eigenvalue weighted by Gasteiger charge is 2.27. The number of hydrogen-bond donors (Lipinski definition) is 0. The molecule has 1 aliphatic rings. The third-order valence-corrected chi connectivity index (χ3v) is 4.41. The first-order valence-electron chi connectivity index (χ1n) is 7.82. The summed E-state index contributed by atoms with van der Waals surface area (Å²) in [5.41, 5.74) is 0.998. The molecule has 0 spiro atoms. The molecule has 2 heterocycles. The topological polar surface area (TPSA) is 41.5 Å². The van der Waals surface area contributed by atoms with Crippen LogP contribution in [0.5, 0.6) is 0 Å². The van der Waals surface area contributed by atoms with E-state index in [0.717, 1.165) is 42.2 Å². The number of fused-ring (bicyclic) bond motifs is 1. The molecule has 0 saturated carbocycles. The maximum absolute atomic E-state index is 5.54. The zero-order chi connectivity index (χ0) is 15.7. The van der Waals surface area contributed by atoms with E-state index in [1.807, 2.05) is 26.2 Å². The second-order valence-corrected chi connectivity index (χ2v) is 6.24. The summed E-state index contributed by atoms with van der Waals surface area (Å²) in [5, 5.41) is 1.09. The van der Waals surface area contributed by atoms with Gasteiger partial charge in [0.25, 0.3) is 0 Å². The lowest BCUT2D eigenvalue weighted by Gasteiger charge is -2.36. The van der Waals surface area contributed by atoms with Crippen molar-refractivity contribution in [1.29, 1.82) is 0 Å². The molecule has 0 bridgehead atoms. The Morgan fingerprint density at radius 1 is 1.23 bits per heavy atom. The molecule has 5 heteroatoms. The van der Waals surface area contributed by atoms with E-state index in [1.54, 1.807) is 7.11 Å². The van der Waals surface area contributed by atoms with Crippen LogP contribution in [-0.4, -0.2) is 50.4 Å². The first-order valence-corrected chi connectivity index (χ1v) is 7.82. The van der Waals surface area contributed by atoms with E-state index in [9.17, 15) is 0 Å². The van der Waals surface area contributed by atoms with Gasteiger partial charge in [-0.05, 0) is 24.5 Å². The Morgan fingerprint density at radius 3 is 2.68 bits per heavy atom. The highest BCUT2D eigenvalue weighted by Crippen LogP contribution is 2.28. The maximum atomic E-state index is 5.54. The SMILES string of the molecule is COC1CCN(c2nc(N(C)C)c3ccccc3n2)CC1C. The Balaban J connectivity index is 1.98. The number of piperidine rings is 1. The van der Waals surface area contributed by atoms with Gasteiger partial charge in [0.2, 0.25) is 5.95 Å². The lowest BCUT2D eigenvalue weighted by atomic mass is 9.97. The van der Waals surface area contributed by atoms with Crippen LogP contribution in [0.3, 0.4) is 0 Å². The molecule has 2 atom stereocenters. The van der Waals surface area contributed by atoms with Crippen LogP contribution in [0, 0.1) is 5.92 Å². The number of anilines is 2. The Labute approximate surface area is 131 Å². The minimum atomic E-state index is 0.338. The standard InChI is InChI=1S/C17H24N4O/c1-12-11-21(10-9-15(12)22-4)17-18-14-8-6-5-7-13(14)16(19-17)20(2)3/h5-8,12,15H,9-11H2,1-4H3. The molecule has 1 fully saturated rings. The van der Waals surface area contributed by atoms with Gasteiger partial charge in [-0.15, -0.1) is 0 Å². The van der Waals surface area contributed by atoms with Crippen molar-refractivity contribution in [2.24, 2.45) is 5.92 Å². The minimum absolute atomic E-state index is 0.338. The van der Waals surface area contributed by atoms with E-state index in [-0.39, 0.29) is 0 Å². The van der Waals surface area contributed by atoms with Crippen LogP contribution in [-0.2, 0) is 4.74 Å². The second kappa shape index (κ2) is 6.08. The minimum Gasteiger partial charge on any atom is -0.381 e.